The number of amides is 1. The molecule has 1 heterocycles. The van der Waals surface area contributed by atoms with E-state index in [2.05, 4.69) is 22.3 Å². The predicted molar refractivity (Wildman–Crippen MR) is 100 cm³/mol. The van der Waals surface area contributed by atoms with Crippen molar-refractivity contribution in [2.75, 3.05) is 0 Å². The number of carbonyl (C=O) groups is 1. The van der Waals surface area contributed by atoms with Crippen molar-refractivity contribution in [2.45, 2.75) is 19.9 Å². The number of aromatic nitrogens is 3. The van der Waals surface area contributed by atoms with E-state index >= 15 is 0 Å². The fourth-order valence-electron chi connectivity index (χ4n) is 2.40. The molecule has 8 heteroatoms. The highest BCUT2D eigenvalue weighted by Gasteiger charge is 2.14. The highest BCUT2D eigenvalue weighted by Crippen LogP contribution is 2.33. The maximum atomic E-state index is 12.3. The molecule has 2 aromatic carbocycles. The van der Waals surface area contributed by atoms with Crippen molar-refractivity contribution in [2.24, 2.45) is 0 Å². The Kier molecular flexibility index (Phi) is 5.44. The van der Waals surface area contributed by atoms with Gasteiger partial charge in [0.2, 0.25) is 5.82 Å². The molecule has 0 radical (unpaired) electrons. The molecule has 0 aliphatic rings. The van der Waals surface area contributed by atoms with Crippen LogP contribution in [0.25, 0.3) is 5.69 Å². The van der Waals surface area contributed by atoms with Crippen LogP contribution in [0, 0.1) is 0 Å². The van der Waals surface area contributed by atoms with Gasteiger partial charge >= 0.3 is 0 Å². The van der Waals surface area contributed by atoms with Crippen LogP contribution in [0.4, 0.5) is 0 Å². The van der Waals surface area contributed by atoms with Gasteiger partial charge in [-0.2, -0.15) is 0 Å². The van der Waals surface area contributed by atoms with Gasteiger partial charge in [0, 0.05) is 6.54 Å². The van der Waals surface area contributed by atoms with Crippen LogP contribution in [-0.2, 0) is 13.0 Å². The highest BCUT2D eigenvalue weighted by molar-refractivity contribution is 6.37. The highest BCUT2D eigenvalue weighted by atomic mass is 35.5. The molecule has 0 saturated carbocycles. The molecule has 0 aliphatic carbocycles. The van der Waals surface area contributed by atoms with Crippen LogP contribution in [0.1, 0.15) is 28.7 Å². The zero-order chi connectivity index (χ0) is 18.7. The molecule has 0 aliphatic heterocycles. The van der Waals surface area contributed by atoms with Crippen LogP contribution in [0.2, 0.25) is 10.0 Å². The van der Waals surface area contributed by atoms with Crippen LogP contribution < -0.4 is 5.32 Å². The predicted octanol–water partition coefficient (Wildman–Crippen LogP) is 3.77. The summed E-state index contributed by atoms with van der Waals surface area (Å²) in [6, 6.07) is 11.0. The number of aryl methyl sites for hydroxylation is 1. The average molecular weight is 391 g/mol. The summed E-state index contributed by atoms with van der Waals surface area (Å²) in [6.45, 7) is 2.47. The lowest BCUT2D eigenvalue weighted by molar-refractivity contribution is 0.0940. The maximum Gasteiger partial charge on any atom is 0.291 e. The summed E-state index contributed by atoms with van der Waals surface area (Å²) in [7, 11) is 0. The number of nitrogens with zero attached hydrogens (tertiary/aromatic N) is 3. The van der Waals surface area contributed by atoms with E-state index in [0.29, 0.717) is 12.2 Å². The van der Waals surface area contributed by atoms with E-state index in [4.69, 9.17) is 23.2 Å². The lowest BCUT2D eigenvalue weighted by Crippen LogP contribution is -2.24. The minimum atomic E-state index is -0.387. The van der Waals surface area contributed by atoms with E-state index in [0.717, 1.165) is 12.0 Å². The molecule has 0 bridgehead atoms. The van der Waals surface area contributed by atoms with Gasteiger partial charge in [0.1, 0.15) is 6.33 Å². The zero-order valence-corrected chi connectivity index (χ0v) is 15.4. The quantitative estimate of drug-likeness (QED) is 0.694. The Balaban J connectivity index is 1.72. The number of nitrogens with one attached hydrogen (secondary N) is 1. The first-order valence-electron chi connectivity index (χ1n) is 7.94. The Labute approximate surface area is 160 Å². The molecule has 2 N–H and O–H groups in total. The summed E-state index contributed by atoms with van der Waals surface area (Å²) >= 11 is 11.8. The molecule has 26 heavy (non-hydrogen) atoms. The number of benzene rings is 2. The van der Waals surface area contributed by atoms with Crippen molar-refractivity contribution in [1.29, 1.82) is 0 Å². The average Bonchev–Trinajstić information content (AvgIpc) is 3.14. The SMILES string of the molecule is CCc1cccc(CNC(=O)c2ncn(-c3cc(Cl)c(O)c(Cl)c3)n2)c1. The molecule has 6 nitrogen and oxygen atoms in total. The third kappa shape index (κ3) is 3.98. The molecule has 0 saturated heterocycles. The van der Waals surface area contributed by atoms with E-state index in [1.54, 1.807) is 0 Å². The van der Waals surface area contributed by atoms with Crippen LogP contribution in [0.15, 0.2) is 42.7 Å². The van der Waals surface area contributed by atoms with Crippen LogP contribution >= 0.6 is 23.2 Å². The second-order valence-corrected chi connectivity index (χ2v) is 6.44. The summed E-state index contributed by atoms with van der Waals surface area (Å²) in [6.07, 6.45) is 2.32. The Morgan fingerprint density at radius 1 is 1.19 bits per heavy atom. The van der Waals surface area contributed by atoms with Crippen LogP contribution in [0.3, 0.4) is 0 Å². The van der Waals surface area contributed by atoms with E-state index in [1.807, 2.05) is 24.3 Å². The molecular weight excluding hydrogens is 375 g/mol. The lowest BCUT2D eigenvalue weighted by atomic mass is 10.1. The van der Waals surface area contributed by atoms with Crippen LogP contribution in [-0.4, -0.2) is 25.8 Å². The fraction of sp³-hybridized carbons (Fsp3) is 0.167. The number of hydrogen-bond acceptors (Lipinski definition) is 4. The second-order valence-electron chi connectivity index (χ2n) is 5.63. The van der Waals surface area contributed by atoms with Gasteiger partial charge in [-0.25, -0.2) is 9.67 Å². The van der Waals surface area contributed by atoms with Gasteiger partial charge in [0.05, 0.1) is 15.7 Å². The molecule has 3 aromatic rings. The Bertz CT molecular complexity index is 933. The molecule has 1 amide bonds. The molecule has 0 atom stereocenters. The van der Waals surface area contributed by atoms with E-state index in [-0.39, 0.29) is 27.5 Å². The van der Waals surface area contributed by atoms with Gasteiger partial charge in [0.15, 0.2) is 5.75 Å². The van der Waals surface area contributed by atoms with Crippen molar-refractivity contribution in [1.82, 2.24) is 20.1 Å². The fourth-order valence-corrected chi connectivity index (χ4v) is 2.87. The number of carbonyl (C=O) groups excluding carboxylic acids is 1. The number of aromatic hydroxyl groups is 1. The zero-order valence-electron chi connectivity index (χ0n) is 13.9. The summed E-state index contributed by atoms with van der Waals surface area (Å²) < 4.78 is 1.36. The Hall–Kier alpha value is -2.57. The first-order valence-corrected chi connectivity index (χ1v) is 8.69. The molecule has 3 rings (SSSR count). The second kappa shape index (κ2) is 7.76. The monoisotopic (exact) mass is 390 g/mol. The summed E-state index contributed by atoms with van der Waals surface area (Å²) in [5.41, 5.74) is 2.70. The normalized spacial score (nSPS) is 10.7. The van der Waals surface area contributed by atoms with Crippen molar-refractivity contribution in [3.63, 3.8) is 0 Å². The third-order valence-corrected chi connectivity index (χ3v) is 4.39. The molecule has 134 valence electrons. The molecular formula is C18H16Cl2N4O2. The van der Waals surface area contributed by atoms with Gasteiger partial charge in [0.25, 0.3) is 5.91 Å². The van der Waals surface area contributed by atoms with Crippen molar-refractivity contribution < 1.29 is 9.90 Å². The van der Waals surface area contributed by atoms with E-state index in [1.165, 1.54) is 28.7 Å². The van der Waals surface area contributed by atoms with E-state index in [9.17, 15) is 9.90 Å². The third-order valence-electron chi connectivity index (χ3n) is 3.81. The minimum absolute atomic E-state index is 0.0250. The summed E-state index contributed by atoms with van der Waals surface area (Å²) in [4.78, 5) is 16.3. The first kappa shape index (κ1) is 18.2. The maximum absolute atomic E-state index is 12.3. The van der Waals surface area contributed by atoms with Crippen molar-refractivity contribution >= 4 is 29.1 Å². The molecule has 0 fully saturated rings. The first-order chi connectivity index (χ1) is 12.5. The Morgan fingerprint density at radius 2 is 1.88 bits per heavy atom. The van der Waals surface area contributed by atoms with Gasteiger partial charge < -0.3 is 10.4 Å². The van der Waals surface area contributed by atoms with Crippen molar-refractivity contribution in [3.05, 3.63) is 69.7 Å². The van der Waals surface area contributed by atoms with Crippen LogP contribution in [0.5, 0.6) is 5.75 Å². The number of phenols is 1. The van der Waals surface area contributed by atoms with Gasteiger partial charge in [-0.1, -0.05) is 54.4 Å². The number of hydrogen-bond donors (Lipinski definition) is 2. The largest absolute Gasteiger partial charge is 0.505 e. The molecule has 0 unspecified atom stereocenters. The molecule has 0 spiro atoms. The van der Waals surface area contributed by atoms with Gasteiger partial charge in [-0.15, -0.1) is 5.10 Å². The Morgan fingerprint density at radius 3 is 2.58 bits per heavy atom. The minimum Gasteiger partial charge on any atom is -0.505 e. The number of phenolic OH excluding ortho intramolecular Hbond substituents is 1. The summed E-state index contributed by atoms with van der Waals surface area (Å²) in [5.74, 6) is -0.567. The van der Waals surface area contributed by atoms with Gasteiger partial charge in [-0.3, -0.25) is 4.79 Å². The topological polar surface area (TPSA) is 80.0 Å². The van der Waals surface area contributed by atoms with Crippen molar-refractivity contribution in [3.8, 4) is 11.4 Å². The summed E-state index contributed by atoms with van der Waals surface area (Å²) in [5, 5.41) is 16.7. The molecule has 1 aromatic heterocycles. The standard InChI is InChI=1S/C18H16Cl2N4O2/c1-2-11-4-3-5-12(6-11)9-21-18(26)17-22-10-24(23-17)13-7-14(19)16(25)15(20)8-13/h3-8,10,25H,2,9H2,1H3,(H,21,26). The van der Waals surface area contributed by atoms with E-state index < -0.39 is 0 Å². The smallest absolute Gasteiger partial charge is 0.291 e. The van der Waals surface area contributed by atoms with Gasteiger partial charge in [-0.05, 0) is 29.7 Å². The lowest BCUT2D eigenvalue weighted by Gasteiger charge is -2.05. The number of rotatable bonds is 5. The number of halogens is 2.